The van der Waals surface area contributed by atoms with Gasteiger partial charge in [0.25, 0.3) is 5.69 Å². The standard InChI is InChI=1S/C15H24N2O3/c1-12(2)10-15(3,18)11-16-9-8-13-4-6-14(7-5-13)17(19)20/h4-7,12,16,18H,8-11H2,1-3H3. The molecule has 0 saturated heterocycles. The van der Waals surface area contributed by atoms with Crippen LogP contribution in [-0.4, -0.2) is 28.7 Å². The van der Waals surface area contributed by atoms with Crippen molar-refractivity contribution in [1.82, 2.24) is 5.32 Å². The molecule has 0 spiro atoms. The summed E-state index contributed by atoms with van der Waals surface area (Å²) in [6.45, 7) is 7.31. The van der Waals surface area contributed by atoms with Crippen LogP contribution in [0.25, 0.3) is 0 Å². The van der Waals surface area contributed by atoms with E-state index in [0.29, 0.717) is 12.5 Å². The summed E-state index contributed by atoms with van der Waals surface area (Å²) < 4.78 is 0. The first kappa shape index (κ1) is 16.6. The molecule has 1 unspecified atom stereocenters. The summed E-state index contributed by atoms with van der Waals surface area (Å²) in [5, 5.41) is 23.9. The maximum atomic E-state index is 10.5. The molecule has 0 heterocycles. The van der Waals surface area contributed by atoms with E-state index in [1.54, 1.807) is 12.1 Å². The minimum absolute atomic E-state index is 0.113. The van der Waals surface area contributed by atoms with Crippen LogP contribution in [0.3, 0.4) is 0 Å². The normalized spacial score (nSPS) is 14.2. The zero-order valence-corrected chi connectivity index (χ0v) is 12.4. The number of hydrogen-bond donors (Lipinski definition) is 2. The Bertz CT molecular complexity index is 427. The summed E-state index contributed by atoms with van der Waals surface area (Å²) in [6.07, 6.45) is 1.55. The van der Waals surface area contributed by atoms with Gasteiger partial charge in [-0.15, -0.1) is 0 Å². The largest absolute Gasteiger partial charge is 0.389 e. The van der Waals surface area contributed by atoms with E-state index in [2.05, 4.69) is 19.2 Å². The zero-order chi connectivity index (χ0) is 15.2. The molecular weight excluding hydrogens is 256 g/mol. The number of nitro benzene ring substituents is 1. The second kappa shape index (κ2) is 7.36. The highest BCUT2D eigenvalue weighted by Gasteiger charge is 2.20. The van der Waals surface area contributed by atoms with Crippen LogP contribution in [0, 0.1) is 16.0 Å². The fourth-order valence-electron chi connectivity index (χ4n) is 2.33. The summed E-state index contributed by atoms with van der Waals surface area (Å²) in [5.41, 5.74) is 0.470. The van der Waals surface area contributed by atoms with Crippen LogP contribution in [0.15, 0.2) is 24.3 Å². The second-order valence-corrected chi connectivity index (χ2v) is 5.95. The number of rotatable bonds is 8. The van der Waals surface area contributed by atoms with E-state index in [9.17, 15) is 15.2 Å². The summed E-state index contributed by atoms with van der Waals surface area (Å²) in [4.78, 5) is 10.1. The van der Waals surface area contributed by atoms with Crippen LogP contribution in [0.4, 0.5) is 5.69 Å². The Morgan fingerprint density at radius 1 is 1.35 bits per heavy atom. The van der Waals surface area contributed by atoms with Crippen molar-refractivity contribution < 1.29 is 10.0 Å². The first-order chi connectivity index (χ1) is 9.30. The van der Waals surface area contributed by atoms with Crippen molar-refractivity contribution in [3.63, 3.8) is 0 Å². The molecule has 0 aliphatic heterocycles. The lowest BCUT2D eigenvalue weighted by molar-refractivity contribution is -0.384. The Hall–Kier alpha value is -1.46. The highest BCUT2D eigenvalue weighted by molar-refractivity contribution is 5.32. The molecule has 0 bridgehead atoms. The molecule has 0 aliphatic rings. The van der Waals surface area contributed by atoms with Crippen LogP contribution in [-0.2, 0) is 6.42 Å². The van der Waals surface area contributed by atoms with E-state index < -0.39 is 10.5 Å². The predicted molar refractivity (Wildman–Crippen MR) is 79.7 cm³/mol. The van der Waals surface area contributed by atoms with Crippen molar-refractivity contribution in [1.29, 1.82) is 0 Å². The number of nitrogens with one attached hydrogen (secondary N) is 1. The van der Waals surface area contributed by atoms with Crippen LogP contribution >= 0.6 is 0 Å². The lowest BCUT2D eigenvalue weighted by Crippen LogP contribution is -2.39. The lowest BCUT2D eigenvalue weighted by atomic mass is 9.94. The third-order valence-corrected chi connectivity index (χ3v) is 3.09. The molecule has 0 aromatic heterocycles. The van der Waals surface area contributed by atoms with E-state index in [1.165, 1.54) is 12.1 Å². The van der Waals surface area contributed by atoms with Gasteiger partial charge in [0.05, 0.1) is 10.5 Å². The molecule has 1 aromatic carbocycles. The summed E-state index contributed by atoms with van der Waals surface area (Å²) in [5.74, 6) is 0.460. The van der Waals surface area contributed by atoms with Gasteiger partial charge >= 0.3 is 0 Å². The van der Waals surface area contributed by atoms with Gasteiger partial charge in [0, 0.05) is 18.7 Å². The molecule has 0 amide bonds. The van der Waals surface area contributed by atoms with Gasteiger partial charge in [-0.25, -0.2) is 0 Å². The van der Waals surface area contributed by atoms with Crippen LogP contribution in [0.1, 0.15) is 32.8 Å². The highest BCUT2D eigenvalue weighted by atomic mass is 16.6. The molecular formula is C15H24N2O3. The van der Waals surface area contributed by atoms with E-state index in [-0.39, 0.29) is 5.69 Å². The number of hydrogen-bond acceptors (Lipinski definition) is 4. The molecule has 2 N–H and O–H groups in total. The lowest BCUT2D eigenvalue weighted by Gasteiger charge is -2.25. The Labute approximate surface area is 120 Å². The number of non-ortho nitro benzene ring substituents is 1. The van der Waals surface area contributed by atoms with Crippen molar-refractivity contribution in [2.75, 3.05) is 13.1 Å². The molecule has 0 fully saturated rings. The molecule has 20 heavy (non-hydrogen) atoms. The van der Waals surface area contributed by atoms with Crippen LogP contribution < -0.4 is 5.32 Å². The molecule has 0 saturated carbocycles. The van der Waals surface area contributed by atoms with Gasteiger partial charge in [0.2, 0.25) is 0 Å². The Balaban J connectivity index is 2.32. The average Bonchev–Trinajstić information content (AvgIpc) is 2.33. The van der Waals surface area contributed by atoms with Gasteiger partial charge < -0.3 is 10.4 Å². The fraction of sp³-hybridized carbons (Fsp3) is 0.600. The Kier molecular flexibility index (Phi) is 6.10. The van der Waals surface area contributed by atoms with Gasteiger partial charge in [-0.1, -0.05) is 26.0 Å². The molecule has 1 aromatic rings. The topological polar surface area (TPSA) is 75.4 Å². The van der Waals surface area contributed by atoms with Crippen molar-refractivity contribution in [2.24, 2.45) is 5.92 Å². The third-order valence-electron chi connectivity index (χ3n) is 3.09. The quantitative estimate of drug-likeness (QED) is 0.436. The molecule has 5 nitrogen and oxygen atoms in total. The molecule has 1 rings (SSSR count). The maximum Gasteiger partial charge on any atom is 0.269 e. The molecule has 0 radical (unpaired) electrons. The van der Waals surface area contributed by atoms with Gasteiger partial charge in [0.1, 0.15) is 0 Å². The van der Waals surface area contributed by atoms with Crippen molar-refractivity contribution in [3.05, 3.63) is 39.9 Å². The minimum atomic E-state index is -0.691. The first-order valence-corrected chi connectivity index (χ1v) is 6.96. The van der Waals surface area contributed by atoms with Crippen LogP contribution in [0.2, 0.25) is 0 Å². The number of aliphatic hydroxyl groups is 1. The minimum Gasteiger partial charge on any atom is -0.389 e. The van der Waals surface area contributed by atoms with Gasteiger partial charge in [0.15, 0.2) is 0 Å². The highest BCUT2D eigenvalue weighted by Crippen LogP contribution is 2.15. The second-order valence-electron chi connectivity index (χ2n) is 5.95. The molecule has 112 valence electrons. The number of benzene rings is 1. The number of nitro groups is 1. The Morgan fingerprint density at radius 3 is 2.45 bits per heavy atom. The molecule has 0 aliphatic carbocycles. The van der Waals surface area contributed by atoms with Crippen molar-refractivity contribution in [3.8, 4) is 0 Å². The van der Waals surface area contributed by atoms with E-state index in [1.807, 2.05) is 6.92 Å². The van der Waals surface area contributed by atoms with Crippen molar-refractivity contribution >= 4 is 5.69 Å². The smallest absolute Gasteiger partial charge is 0.269 e. The maximum absolute atomic E-state index is 10.5. The van der Waals surface area contributed by atoms with E-state index in [0.717, 1.165) is 24.9 Å². The van der Waals surface area contributed by atoms with E-state index >= 15 is 0 Å². The molecule has 1 atom stereocenters. The van der Waals surface area contributed by atoms with Crippen LogP contribution in [0.5, 0.6) is 0 Å². The van der Waals surface area contributed by atoms with Crippen molar-refractivity contribution in [2.45, 2.75) is 39.2 Å². The summed E-state index contributed by atoms with van der Waals surface area (Å²) >= 11 is 0. The summed E-state index contributed by atoms with van der Waals surface area (Å²) in [7, 11) is 0. The van der Waals surface area contributed by atoms with Gasteiger partial charge in [-0.2, -0.15) is 0 Å². The van der Waals surface area contributed by atoms with Gasteiger partial charge in [-0.05, 0) is 37.8 Å². The first-order valence-electron chi connectivity index (χ1n) is 6.96. The van der Waals surface area contributed by atoms with Gasteiger partial charge in [-0.3, -0.25) is 10.1 Å². The summed E-state index contributed by atoms with van der Waals surface area (Å²) in [6, 6.07) is 6.58. The zero-order valence-electron chi connectivity index (χ0n) is 12.4. The number of nitrogens with zero attached hydrogens (tertiary/aromatic N) is 1. The Morgan fingerprint density at radius 2 is 1.95 bits per heavy atom. The predicted octanol–water partition coefficient (Wildman–Crippen LogP) is 2.52. The average molecular weight is 280 g/mol. The molecule has 5 heteroatoms. The van der Waals surface area contributed by atoms with E-state index in [4.69, 9.17) is 0 Å². The fourth-order valence-corrected chi connectivity index (χ4v) is 2.33. The SMILES string of the molecule is CC(C)CC(C)(O)CNCCc1ccc([N+](=O)[O-])cc1. The monoisotopic (exact) mass is 280 g/mol. The third kappa shape index (κ3) is 6.12.